The summed E-state index contributed by atoms with van der Waals surface area (Å²) >= 11 is 6.13. The molecule has 1 N–H and O–H groups in total. The van der Waals surface area contributed by atoms with E-state index in [1.54, 1.807) is 36.4 Å². The summed E-state index contributed by atoms with van der Waals surface area (Å²) in [4.78, 5) is 0. The summed E-state index contributed by atoms with van der Waals surface area (Å²) in [5.74, 6) is 0.919. The first-order valence-electron chi connectivity index (χ1n) is 9.51. The maximum absolute atomic E-state index is 13.1. The van der Waals surface area contributed by atoms with Gasteiger partial charge in [0, 0.05) is 23.3 Å². The molecule has 0 heterocycles. The van der Waals surface area contributed by atoms with E-state index in [2.05, 4.69) is 10.1 Å². The predicted molar refractivity (Wildman–Crippen MR) is 113 cm³/mol. The van der Waals surface area contributed by atoms with Crippen LogP contribution in [0.4, 0.5) is 23.2 Å². The molecule has 0 bridgehead atoms. The Morgan fingerprint density at radius 3 is 2.39 bits per heavy atom. The molecule has 0 spiro atoms. The monoisotopic (exact) mass is 453 g/mol. The molecule has 0 aliphatic carbocycles. The Morgan fingerprint density at radius 2 is 1.65 bits per heavy atom. The van der Waals surface area contributed by atoms with Crippen LogP contribution in [0.25, 0.3) is 0 Å². The molecule has 0 aliphatic rings. The fourth-order valence-electron chi connectivity index (χ4n) is 2.82. The van der Waals surface area contributed by atoms with E-state index in [-0.39, 0.29) is 12.3 Å². The number of anilines is 1. The molecule has 0 radical (unpaired) electrons. The number of ether oxygens (including phenoxy) is 2. The van der Waals surface area contributed by atoms with Crippen LogP contribution in [-0.4, -0.2) is 12.5 Å². The van der Waals surface area contributed by atoms with Gasteiger partial charge in [-0.1, -0.05) is 36.7 Å². The third-order valence-electron chi connectivity index (χ3n) is 4.37. The van der Waals surface area contributed by atoms with Gasteiger partial charge in [-0.25, -0.2) is 0 Å². The highest BCUT2D eigenvalue weighted by molar-refractivity contribution is 6.31. The minimum atomic E-state index is -4.54. The van der Waals surface area contributed by atoms with E-state index in [4.69, 9.17) is 16.3 Å². The van der Waals surface area contributed by atoms with Gasteiger partial charge in [0.15, 0.2) is 0 Å². The molecule has 164 valence electrons. The summed E-state index contributed by atoms with van der Waals surface area (Å²) in [5.41, 5.74) is 2.29. The molecular weight excluding hydrogens is 434 g/mol. The van der Waals surface area contributed by atoms with Crippen LogP contribution in [0.2, 0.25) is 5.02 Å². The standard InChI is InChI=1S/C23H20ClF4NO2/c1-2-16-12-19(9-10-21(16)24)30-18-7-4-6-17(13-18)29-14-15-5-3-8-20(11-15)31-23(27,28)22(25)26/h3-13,22,29H,2,14H2,1H3. The summed E-state index contributed by atoms with van der Waals surface area (Å²) in [6, 6.07) is 18.2. The lowest BCUT2D eigenvalue weighted by atomic mass is 10.1. The Morgan fingerprint density at radius 1 is 0.935 bits per heavy atom. The van der Waals surface area contributed by atoms with Gasteiger partial charge in [-0.05, 0) is 60.0 Å². The highest BCUT2D eigenvalue weighted by Gasteiger charge is 2.43. The number of hydrogen-bond donors (Lipinski definition) is 1. The van der Waals surface area contributed by atoms with Gasteiger partial charge in [0.05, 0.1) is 0 Å². The van der Waals surface area contributed by atoms with Gasteiger partial charge in [-0.3, -0.25) is 0 Å². The van der Waals surface area contributed by atoms with Crippen LogP contribution in [0.5, 0.6) is 17.2 Å². The summed E-state index contributed by atoms with van der Waals surface area (Å²) in [6.45, 7) is 2.27. The summed E-state index contributed by atoms with van der Waals surface area (Å²) in [5, 5.41) is 3.82. The molecule has 0 amide bonds. The summed E-state index contributed by atoms with van der Waals surface area (Å²) < 4.78 is 60.9. The quantitative estimate of drug-likeness (QED) is 0.339. The van der Waals surface area contributed by atoms with Gasteiger partial charge in [-0.15, -0.1) is 0 Å². The van der Waals surface area contributed by atoms with Crippen LogP contribution < -0.4 is 14.8 Å². The second-order valence-electron chi connectivity index (χ2n) is 6.70. The van der Waals surface area contributed by atoms with Crippen LogP contribution in [-0.2, 0) is 13.0 Å². The Bertz CT molecular complexity index is 1030. The molecule has 0 aromatic heterocycles. The van der Waals surface area contributed by atoms with E-state index < -0.39 is 12.5 Å². The maximum atomic E-state index is 13.1. The van der Waals surface area contributed by atoms with Crippen LogP contribution in [0.15, 0.2) is 66.7 Å². The highest BCUT2D eigenvalue weighted by atomic mass is 35.5. The third kappa shape index (κ3) is 6.28. The van der Waals surface area contributed by atoms with Gasteiger partial charge in [0.25, 0.3) is 0 Å². The Balaban J connectivity index is 1.65. The minimum Gasteiger partial charge on any atom is -0.457 e. The Hall–Kier alpha value is -2.93. The highest BCUT2D eigenvalue weighted by Crippen LogP contribution is 2.30. The molecule has 3 rings (SSSR count). The van der Waals surface area contributed by atoms with E-state index in [0.717, 1.165) is 17.7 Å². The van der Waals surface area contributed by atoms with Crippen molar-refractivity contribution in [1.82, 2.24) is 0 Å². The molecule has 0 aliphatic heterocycles. The Kier molecular flexibility index (Phi) is 7.28. The van der Waals surface area contributed by atoms with E-state index in [0.29, 0.717) is 22.1 Å². The number of hydrogen-bond acceptors (Lipinski definition) is 3. The van der Waals surface area contributed by atoms with Crippen LogP contribution in [0, 0.1) is 0 Å². The average Bonchev–Trinajstić information content (AvgIpc) is 2.74. The molecule has 3 aromatic rings. The van der Waals surface area contributed by atoms with Crippen molar-refractivity contribution in [2.45, 2.75) is 32.4 Å². The van der Waals surface area contributed by atoms with Crippen molar-refractivity contribution < 1.29 is 27.0 Å². The zero-order valence-corrected chi connectivity index (χ0v) is 17.3. The van der Waals surface area contributed by atoms with Crippen molar-refractivity contribution in [1.29, 1.82) is 0 Å². The molecule has 0 saturated heterocycles. The molecular formula is C23H20ClF4NO2. The van der Waals surface area contributed by atoms with Crippen molar-refractivity contribution in [3.8, 4) is 17.2 Å². The zero-order valence-electron chi connectivity index (χ0n) is 16.5. The number of nitrogens with one attached hydrogen (secondary N) is 1. The van der Waals surface area contributed by atoms with E-state index >= 15 is 0 Å². The number of benzene rings is 3. The molecule has 0 unspecified atom stereocenters. The number of rotatable bonds is 9. The maximum Gasteiger partial charge on any atom is 0.461 e. The smallest absolute Gasteiger partial charge is 0.457 e. The predicted octanol–water partition coefficient (Wildman–Crippen LogP) is 7.54. The van der Waals surface area contributed by atoms with Crippen molar-refractivity contribution in [2.24, 2.45) is 0 Å². The molecule has 31 heavy (non-hydrogen) atoms. The van der Waals surface area contributed by atoms with Gasteiger partial charge >= 0.3 is 12.5 Å². The van der Waals surface area contributed by atoms with Gasteiger partial charge < -0.3 is 14.8 Å². The average molecular weight is 454 g/mol. The molecule has 3 aromatic carbocycles. The number of halogens is 5. The number of aryl methyl sites for hydroxylation is 1. The second kappa shape index (κ2) is 9.92. The second-order valence-corrected chi connectivity index (χ2v) is 7.11. The van der Waals surface area contributed by atoms with E-state index in [1.807, 2.05) is 19.1 Å². The van der Waals surface area contributed by atoms with Gasteiger partial charge in [-0.2, -0.15) is 17.6 Å². The first-order chi connectivity index (χ1) is 14.8. The first kappa shape index (κ1) is 22.7. The van der Waals surface area contributed by atoms with Crippen LogP contribution in [0.3, 0.4) is 0 Å². The topological polar surface area (TPSA) is 30.5 Å². The van der Waals surface area contributed by atoms with Crippen molar-refractivity contribution in [2.75, 3.05) is 5.32 Å². The molecule has 0 fully saturated rings. The minimum absolute atomic E-state index is 0.266. The van der Waals surface area contributed by atoms with Crippen LogP contribution >= 0.6 is 11.6 Å². The SMILES string of the molecule is CCc1cc(Oc2cccc(NCc3cccc(OC(F)(F)C(F)F)c3)c2)ccc1Cl. The molecule has 3 nitrogen and oxygen atoms in total. The van der Waals surface area contributed by atoms with E-state index in [9.17, 15) is 17.6 Å². The Labute approximate surface area is 182 Å². The molecule has 8 heteroatoms. The number of alkyl halides is 4. The zero-order chi connectivity index (χ0) is 22.4. The lowest BCUT2D eigenvalue weighted by molar-refractivity contribution is -0.253. The summed E-state index contributed by atoms with van der Waals surface area (Å²) in [6.07, 6.45) is -7.67. The van der Waals surface area contributed by atoms with Crippen molar-refractivity contribution in [3.63, 3.8) is 0 Å². The lowest BCUT2D eigenvalue weighted by Crippen LogP contribution is -2.33. The third-order valence-corrected chi connectivity index (χ3v) is 4.74. The molecule has 0 atom stereocenters. The lowest BCUT2D eigenvalue weighted by Gasteiger charge is -2.17. The fourth-order valence-corrected chi connectivity index (χ4v) is 3.07. The normalized spacial score (nSPS) is 11.5. The van der Waals surface area contributed by atoms with Crippen LogP contribution in [0.1, 0.15) is 18.1 Å². The summed E-state index contributed by atoms with van der Waals surface area (Å²) in [7, 11) is 0. The first-order valence-corrected chi connectivity index (χ1v) is 9.89. The van der Waals surface area contributed by atoms with Crippen molar-refractivity contribution in [3.05, 3.63) is 82.9 Å². The van der Waals surface area contributed by atoms with Crippen molar-refractivity contribution >= 4 is 17.3 Å². The molecule has 0 saturated carbocycles. The largest absolute Gasteiger partial charge is 0.461 e. The van der Waals surface area contributed by atoms with Gasteiger partial charge in [0.1, 0.15) is 17.2 Å². The van der Waals surface area contributed by atoms with Gasteiger partial charge in [0.2, 0.25) is 0 Å². The van der Waals surface area contributed by atoms with E-state index in [1.165, 1.54) is 18.2 Å². The fraction of sp³-hybridized carbons (Fsp3) is 0.217.